The van der Waals surface area contributed by atoms with Gasteiger partial charge in [0, 0.05) is 75.9 Å². The predicted octanol–water partition coefficient (Wildman–Crippen LogP) is 32.2. The lowest BCUT2D eigenvalue weighted by Crippen LogP contribution is -2.04. The normalized spacial score (nSPS) is 11.5. The van der Waals surface area contributed by atoms with Gasteiger partial charge >= 0.3 is 0 Å². The van der Waals surface area contributed by atoms with Crippen LogP contribution in [0, 0.1) is 6.92 Å². The van der Waals surface area contributed by atoms with Crippen molar-refractivity contribution in [3.63, 3.8) is 0 Å². The van der Waals surface area contributed by atoms with Crippen molar-refractivity contribution in [3.05, 3.63) is 503 Å². The number of hydrogen-bond acceptors (Lipinski definition) is 3. The molecule has 9 heteroatoms. The van der Waals surface area contributed by atoms with Crippen molar-refractivity contribution >= 4 is 131 Å². The lowest BCUT2D eigenvalue weighted by molar-refractivity contribution is 1.01. The van der Waals surface area contributed by atoms with E-state index in [0.29, 0.717) is 0 Å². The molecule has 0 radical (unpaired) electrons. The van der Waals surface area contributed by atoms with E-state index >= 15 is 0 Å². The molecule has 0 amide bonds. The fourth-order valence-corrected chi connectivity index (χ4v) is 19.9. The maximum atomic E-state index is 5.45. The molecule has 0 aliphatic heterocycles. The number of aryl methyl sites for hydroxylation is 1. The minimum atomic E-state index is 0.885. The van der Waals surface area contributed by atoms with Crippen LogP contribution in [0.15, 0.2) is 497 Å². The van der Waals surface area contributed by atoms with Gasteiger partial charge in [-0.1, -0.05) is 357 Å². The highest BCUT2D eigenvalue weighted by Crippen LogP contribution is 2.43. The van der Waals surface area contributed by atoms with Crippen LogP contribution in [0.4, 0.5) is 0 Å². The zero-order chi connectivity index (χ0) is 88.2. The second-order valence-electron chi connectivity index (χ2n) is 33.8. The van der Waals surface area contributed by atoms with Gasteiger partial charge in [-0.3, -0.25) is 22.8 Å². The smallest absolute Gasteiger partial charge is 0.140 e. The molecule has 0 saturated heterocycles. The summed E-state index contributed by atoms with van der Waals surface area (Å²) in [4.78, 5) is 16.0. The van der Waals surface area contributed by atoms with Gasteiger partial charge in [-0.05, 0) is 197 Å². The average molecular weight is 1700 g/mol. The first kappa shape index (κ1) is 78.7. The van der Waals surface area contributed by atoms with Crippen LogP contribution in [-0.2, 0) is 0 Å². The van der Waals surface area contributed by atoms with Crippen molar-refractivity contribution in [2.24, 2.45) is 0 Å². The van der Waals surface area contributed by atoms with Crippen molar-refractivity contribution in [1.82, 2.24) is 42.4 Å². The van der Waals surface area contributed by atoms with Crippen LogP contribution in [0.1, 0.15) is 5.56 Å². The molecule has 9 nitrogen and oxygen atoms in total. The van der Waals surface area contributed by atoms with Gasteiger partial charge in [0.25, 0.3) is 0 Å². The fraction of sp³-hybridized carbons (Fsp3) is 0.00806. The molecule has 0 atom stereocenters. The first-order valence-corrected chi connectivity index (χ1v) is 45.3. The third-order valence-electron chi connectivity index (χ3n) is 25.9. The highest BCUT2D eigenvalue weighted by molar-refractivity contribution is 6.15. The van der Waals surface area contributed by atoms with Gasteiger partial charge in [0.05, 0.1) is 71.9 Å². The zero-order valence-electron chi connectivity index (χ0n) is 72.9. The van der Waals surface area contributed by atoms with Crippen LogP contribution < -0.4 is 0 Å². The van der Waals surface area contributed by atoms with Crippen molar-refractivity contribution < 1.29 is 0 Å². The molecule has 9 heterocycles. The summed E-state index contributed by atoms with van der Waals surface area (Å²) in [5.74, 6) is 4.50. The van der Waals surface area contributed by atoms with E-state index in [9.17, 15) is 0 Å². The van der Waals surface area contributed by atoms with Gasteiger partial charge in [0.1, 0.15) is 29.1 Å². The van der Waals surface area contributed by atoms with Crippen LogP contribution in [-0.4, -0.2) is 42.4 Å². The second-order valence-corrected chi connectivity index (χ2v) is 33.8. The predicted molar refractivity (Wildman–Crippen MR) is 557 cm³/mol. The van der Waals surface area contributed by atoms with E-state index in [0.717, 1.165) is 95.7 Å². The molecule has 18 aromatic carbocycles. The number of fused-ring (bicyclic) bond motifs is 18. The Hall–Kier alpha value is -17.8. The number of pyridine rings is 3. The molecule has 133 heavy (non-hydrogen) atoms. The lowest BCUT2D eigenvalue weighted by atomic mass is 10.0. The largest absolute Gasteiger partial charge is 0.309 e. The fourth-order valence-electron chi connectivity index (χ4n) is 19.9. The molecular formula is C124H85N9. The van der Waals surface area contributed by atoms with E-state index in [4.69, 9.17) is 15.0 Å². The van der Waals surface area contributed by atoms with E-state index in [1.54, 1.807) is 0 Å². The Balaban J connectivity index is 0.000000108. The summed E-state index contributed by atoms with van der Waals surface area (Å²) < 4.78 is 13.8. The molecule has 0 fully saturated rings. The topological polar surface area (TPSA) is 68.2 Å². The van der Waals surface area contributed by atoms with E-state index < -0.39 is 0 Å². The quantitative estimate of drug-likeness (QED) is 0.130. The third-order valence-corrected chi connectivity index (χ3v) is 25.9. The molecule has 0 aliphatic rings. The van der Waals surface area contributed by atoms with Crippen LogP contribution in [0.25, 0.3) is 221 Å². The van der Waals surface area contributed by atoms with Gasteiger partial charge in [-0.25, -0.2) is 15.0 Å². The van der Waals surface area contributed by atoms with Crippen molar-refractivity contribution in [2.75, 3.05) is 0 Å². The van der Waals surface area contributed by atoms with Gasteiger partial charge < -0.3 is 4.57 Å². The summed E-state index contributed by atoms with van der Waals surface area (Å²) in [6.45, 7) is 2.16. The molecule has 0 aliphatic carbocycles. The Morgan fingerprint density at radius 2 is 0.368 bits per heavy atom. The SMILES string of the molecule is Cc1ccc2c(c1)c1cc(-c3ccccc3)ccc1n2-c1cccc(-n2c3ccc(-c4ccccc4)cc3c3cc(-c4ccccc4)ccc32)n1.c1cc(-c2ccc(-n3c4ccccc4c4ccccc43)cc2)nc(-n2c3ccccc3c3ccccc32)c1.c1ccc(-c2cc(-n3c4ccccc4c4ccccc43)nc(-n3c4ccccc4c4ccccc43)c2)cc1.c1ccccc1. The minimum absolute atomic E-state index is 0.885. The number of aromatic nitrogens is 9. The highest BCUT2D eigenvalue weighted by Gasteiger charge is 2.24. The van der Waals surface area contributed by atoms with E-state index in [1.807, 2.05) is 36.4 Å². The Morgan fingerprint density at radius 3 is 0.699 bits per heavy atom. The van der Waals surface area contributed by atoms with Crippen molar-refractivity contribution in [3.8, 4) is 90.5 Å². The van der Waals surface area contributed by atoms with Gasteiger partial charge in [-0.2, -0.15) is 0 Å². The number of nitrogens with zero attached hydrogens (tertiary/aromatic N) is 9. The molecule has 9 aromatic heterocycles. The Morgan fingerprint density at radius 1 is 0.135 bits per heavy atom. The van der Waals surface area contributed by atoms with E-state index in [2.05, 4.69) is 495 Å². The molecule has 27 rings (SSSR count). The average Bonchev–Trinajstić information content (AvgIpc) is 1.58. The molecule has 27 aromatic rings. The van der Waals surface area contributed by atoms with Crippen molar-refractivity contribution in [1.29, 1.82) is 0 Å². The Labute approximate surface area is 768 Å². The maximum Gasteiger partial charge on any atom is 0.140 e. The van der Waals surface area contributed by atoms with Crippen molar-refractivity contribution in [2.45, 2.75) is 6.92 Å². The van der Waals surface area contributed by atoms with Crippen LogP contribution in [0.2, 0.25) is 0 Å². The van der Waals surface area contributed by atoms with Crippen LogP contribution in [0.3, 0.4) is 0 Å². The summed E-state index contributed by atoms with van der Waals surface area (Å²) >= 11 is 0. The molecule has 0 unspecified atom stereocenters. The number of benzene rings is 18. The zero-order valence-corrected chi connectivity index (χ0v) is 72.9. The first-order chi connectivity index (χ1) is 65.9. The molecule has 0 N–H and O–H groups in total. The number of hydrogen-bond donors (Lipinski definition) is 0. The monoisotopic (exact) mass is 1700 g/mol. The summed E-state index contributed by atoms with van der Waals surface area (Å²) in [6, 6.07) is 176. The highest BCUT2D eigenvalue weighted by atomic mass is 15.2. The Kier molecular flexibility index (Phi) is 20.0. The molecule has 0 spiro atoms. The van der Waals surface area contributed by atoms with E-state index in [1.165, 1.54) is 131 Å². The standard InChI is InChI=1S/C48H33N3.2C35H23N3.C6H6/c1-32-20-24-43-39(28-32)40-29-36(33-12-5-2-6-13-33)21-25-44(40)50(43)47-18-11-19-48(49-47)51-45-26-22-37(34-14-7-3-8-15-34)30-41(45)42-31-38(23-27-46(42)51)35-16-9-4-10-17-35;1-5-15-31-26(10-1)27-11-2-6-16-32(27)37(31)25-22-20-24(21-23-25)30-14-9-19-35(36-30)38-33-17-7-3-12-28(33)29-13-4-8-18-34(29)38;1-2-12-24(13-3-1)25-22-34(37-30-18-8-4-14-26(30)27-15-5-9-19-31(27)37)36-35(23-25)38-32-20-10-6-16-28(32)29-17-7-11-21-33(29)38;1-2-4-6-5-3-1/h2-31H,1H3;2*1-23H;1-6H. The van der Waals surface area contributed by atoms with E-state index in [-0.39, 0.29) is 0 Å². The Bertz CT molecular complexity index is 8600. The van der Waals surface area contributed by atoms with Crippen LogP contribution >= 0.6 is 0 Å². The van der Waals surface area contributed by atoms with Gasteiger partial charge in [-0.15, -0.1) is 0 Å². The lowest BCUT2D eigenvalue weighted by Gasteiger charge is -2.14. The van der Waals surface area contributed by atoms with Gasteiger partial charge in [0.15, 0.2) is 0 Å². The molecule has 626 valence electrons. The molecule has 0 saturated carbocycles. The summed E-state index contributed by atoms with van der Waals surface area (Å²) in [5.41, 5.74) is 27.9. The summed E-state index contributed by atoms with van der Waals surface area (Å²) in [7, 11) is 0. The third kappa shape index (κ3) is 14.2. The molecular weight excluding hydrogens is 1620 g/mol. The number of para-hydroxylation sites is 8. The number of rotatable bonds is 11. The van der Waals surface area contributed by atoms with Gasteiger partial charge in [0.2, 0.25) is 0 Å². The van der Waals surface area contributed by atoms with Crippen LogP contribution in [0.5, 0.6) is 0 Å². The minimum Gasteiger partial charge on any atom is -0.309 e. The molecule has 0 bridgehead atoms. The first-order valence-electron chi connectivity index (χ1n) is 45.3. The summed E-state index contributed by atoms with van der Waals surface area (Å²) in [5, 5.41) is 14.8. The summed E-state index contributed by atoms with van der Waals surface area (Å²) in [6.07, 6.45) is 0. The second kappa shape index (κ2) is 33.8. The maximum absolute atomic E-state index is 5.45.